The second kappa shape index (κ2) is 5.36. The third kappa shape index (κ3) is 2.99. The maximum absolute atomic E-state index is 13.5. The Hall–Kier alpha value is -1.60. The van der Waals surface area contributed by atoms with Crippen molar-refractivity contribution in [3.05, 3.63) is 46.4 Å². The predicted octanol–water partition coefficient (Wildman–Crippen LogP) is 2.76. The minimum Gasteiger partial charge on any atom is -0.388 e. The van der Waals surface area contributed by atoms with Crippen molar-refractivity contribution in [2.24, 2.45) is 5.73 Å². The van der Waals surface area contributed by atoms with Gasteiger partial charge in [0.25, 0.3) is 0 Å². The summed E-state index contributed by atoms with van der Waals surface area (Å²) >= 11 is 8.07. The summed E-state index contributed by atoms with van der Waals surface area (Å²) < 4.78 is 14.3. The average Bonchev–Trinajstić information content (AvgIpc) is 2.34. The Morgan fingerprint density at radius 3 is 2.89 bits per heavy atom. The minimum absolute atomic E-state index is 0.162. The van der Waals surface area contributed by atoms with Gasteiger partial charge in [-0.05, 0) is 24.3 Å². The van der Waals surface area contributed by atoms with Gasteiger partial charge in [-0.15, -0.1) is 0 Å². The van der Waals surface area contributed by atoms with Gasteiger partial charge in [-0.3, -0.25) is 0 Å². The molecule has 0 amide bonds. The number of halogens is 2. The molecule has 18 heavy (non-hydrogen) atoms. The van der Waals surface area contributed by atoms with Crippen LogP contribution in [0.2, 0.25) is 0 Å². The summed E-state index contributed by atoms with van der Waals surface area (Å²) in [5.41, 5.74) is 6.16. The molecule has 0 bridgehead atoms. The summed E-state index contributed by atoms with van der Waals surface area (Å²) in [6.07, 6.45) is 1.50. The summed E-state index contributed by atoms with van der Waals surface area (Å²) in [6, 6.07) is 6.12. The van der Waals surface area contributed by atoms with E-state index in [1.165, 1.54) is 12.3 Å². The van der Waals surface area contributed by atoms with Crippen molar-refractivity contribution >= 4 is 44.8 Å². The first-order chi connectivity index (χ1) is 8.56. The van der Waals surface area contributed by atoms with Gasteiger partial charge in [0.05, 0.1) is 5.69 Å². The van der Waals surface area contributed by atoms with Gasteiger partial charge in [0.2, 0.25) is 5.95 Å². The van der Waals surface area contributed by atoms with Crippen LogP contribution in [0.25, 0.3) is 0 Å². The van der Waals surface area contributed by atoms with Crippen LogP contribution >= 0.6 is 28.1 Å². The number of benzene rings is 1. The second-order valence-corrected chi connectivity index (χ2v) is 4.73. The second-order valence-electron chi connectivity index (χ2n) is 3.38. The quantitative estimate of drug-likeness (QED) is 0.849. The monoisotopic (exact) mass is 326 g/mol. The summed E-state index contributed by atoms with van der Waals surface area (Å²) in [5, 5.41) is 2.77. The van der Waals surface area contributed by atoms with Gasteiger partial charge >= 0.3 is 0 Å². The van der Waals surface area contributed by atoms with Gasteiger partial charge < -0.3 is 11.1 Å². The molecule has 7 heteroatoms. The Balaban J connectivity index is 2.31. The zero-order valence-corrected chi connectivity index (χ0v) is 11.4. The SMILES string of the molecule is NC(=S)c1ccnc(Nc2cc(Br)ccc2F)n1. The molecule has 92 valence electrons. The standard InChI is InChI=1S/C11H8BrFN4S/c12-6-1-2-7(13)9(5-6)17-11-15-4-3-8(16-11)10(14)18/h1-5H,(H2,14,18)(H,15,16,17). The van der Waals surface area contributed by atoms with Crippen LogP contribution in [0, 0.1) is 5.82 Å². The van der Waals surface area contributed by atoms with E-state index in [2.05, 4.69) is 31.2 Å². The van der Waals surface area contributed by atoms with E-state index >= 15 is 0 Å². The molecule has 0 fully saturated rings. The molecule has 0 aliphatic rings. The topological polar surface area (TPSA) is 63.8 Å². The van der Waals surface area contributed by atoms with Crippen LogP contribution in [-0.4, -0.2) is 15.0 Å². The zero-order chi connectivity index (χ0) is 13.1. The molecule has 0 aliphatic heterocycles. The van der Waals surface area contributed by atoms with E-state index < -0.39 is 5.82 Å². The van der Waals surface area contributed by atoms with Crippen molar-refractivity contribution < 1.29 is 4.39 Å². The van der Waals surface area contributed by atoms with Gasteiger partial charge in [-0.2, -0.15) is 0 Å². The lowest BCUT2D eigenvalue weighted by Gasteiger charge is -2.07. The average molecular weight is 327 g/mol. The van der Waals surface area contributed by atoms with Crippen molar-refractivity contribution in [1.29, 1.82) is 0 Å². The van der Waals surface area contributed by atoms with Crippen LogP contribution in [0.5, 0.6) is 0 Å². The van der Waals surface area contributed by atoms with Gasteiger partial charge in [-0.25, -0.2) is 14.4 Å². The predicted molar refractivity (Wildman–Crippen MR) is 75.3 cm³/mol. The van der Waals surface area contributed by atoms with Crippen LogP contribution in [0.15, 0.2) is 34.9 Å². The molecular weight excluding hydrogens is 319 g/mol. The number of nitrogens with two attached hydrogens (primary N) is 1. The molecule has 0 unspecified atom stereocenters. The Labute approximate surface area is 117 Å². The van der Waals surface area contributed by atoms with Crippen molar-refractivity contribution in [1.82, 2.24) is 9.97 Å². The molecule has 1 aromatic carbocycles. The number of nitrogens with one attached hydrogen (secondary N) is 1. The number of hydrogen-bond acceptors (Lipinski definition) is 4. The smallest absolute Gasteiger partial charge is 0.227 e. The fourth-order valence-electron chi connectivity index (χ4n) is 1.27. The molecular formula is C11H8BrFN4S. The molecule has 0 spiro atoms. The van der Waals surface area contributed by atoms with E-state index in [0.717, 1.165) is 4.47 Å². The highest BCUT2D eigenvalue weighted by Gasteiger charge is 2.06. The van der Waals surface area contributed by atoms with Gasteiger partial charge in [-0.1, -0.05) is 28.1 Å². The number of hydrogen-bond donors (Lipinski definition) is 2. The number of thiocarbonyl (C=S) groups is 1. The van der Waals surface area contributed by atoms with E-state index in [-0.39, 0.29) is 16.6 Å². The third-order valence-corrected chi connectivity index (χ3v) is 2.79. The first-order valence-electron chi connectivity index (χ1n) is 4.91. The first-order valence-corrected chi connectivity index (χ1v) is 6.11. The highest BCUT2D eigenvalue weighted by molar-refractivity contribution is 9.10. The highest BCUT2D eigenvalue weighted by Crippen LogP contribution is 2.22. The van der Waals surface area contributed by atoms with E-state index in [0.29, 0.717) is 5.69 Å². The highest BCUT2D eigenvalue weighted by atomic mass is 79.9. The van der Waals surface area contributed by atoms with Crippen LogP contribution in [0.1, 0.15) is 5.69 Å². The molecule has 2 rings (SSSR count). The lowest BCUT2D eigenvalue weighted by atomic mass is 10.3. The van der Waals surface area contributed by atoms with Crippen LogP contribution in [0.4, 0.5) is 16.0 Å². The van der Waals surface area contributed by atoms with E-state index in [1.807, 2.05) is 0 Å². The molecule has 0 radical (unpaired) electrons. The summed E-state index contributed by atoms with van der Waals surface area (Å²) in [6.45, 7) is 0. The molecule has 0 saturated heterocycles. The maximum Gasteiger partial charge on any atom is 0.227 e. The number of aromatic nitrogens is 2. The van der Waals surface area contributed by atoms with Crippen LogP contribution < -0.4 is 11.1 Å². The number of rotatable bonds is 3. The third-order valence-electron chi connectivity index (χ3n) is 2.08. The van der Waals surface area contributed by atoms with Crippen molar-refractivity contribution in [2.45, 2.75) is 0 Å². The summed E-state index contributed by atoms with van der Waals surface area (Å²) in [7, 11) is 0. The Morgan fingerprint density at radius 1 is 1.39 bits per heavy atom. The fourth-order valence-corrected chi connectivity index (χ4v) is 1.74. The maximum atomic E-state index is 13.5. The van der Waals surface area contributed by atoms with E-state index in [9.17, 15) is 4.39 Å². The molecule has 3 N–H and O–H groups in total. The lowest BCUT2D eigenvalue weighted by Crippen LogP contribution is -2.13. The van der Waals surface area contributed by atoms with Crippen molar-refractivity contribution in [3.8, 4) is 0 Å². The molecule has 1 aromatic heterocycles. The van der Waals surface area contributed by atoms with Gasteiger partial charge in [0.1, 0.15) is 16.5 Å². The fraction of sp³-hybridized carbons (Fsp3) is 0. The molecule has 0 aliphatic carbocycles. The molecule has 0 saturated carbocycles. The lowest BCUT2D eigenvalue weighted by molar-refractivity contribution is 0.631. The van der Waals surface area contributed by atoms with Crippen molar-refractivity contribution in [3.63, 3.8) is 0 Å². The molecule has 0 atom stereocenters. The first kappa shape index (κ1) is 12.8. The number of nitrogens with zero attached hydrogens (tertiary/aromatic N) is 2. The zero-order valence-electron chi connectivity index (χ0n) is 9.02. The van der Waals surface area contributed by atoms with E-state index in [4.69, 9.17) is 18.0 Å². The Kier molecular flexibility index (Phi) is 3.83. The van der Waals surface area contributed by atoms with E-state index in [1.54, 1.807) is 18.2 Å². The molecule has 1 heterocycles. The normalized spacial score (nSPS) is 10.1. The van der Waals surface area contributed by atoms with Crippen LogP contribution in [-0.2, 0) is 0 Å². The van der Waals surface area contributed by atoms with Gasteiger partial charge in [0, 0.05) is 10.7 Å². The van der Waals surface area contributed by atoms with Crippen LogP contribution in [0.3, 0.4) is 0 Å². The summed E-state index contributed by atoms with van der Waals surface area (Å²) in [4.78, 5) is 8.20. The minimum atomic E-state index is -0.400. The van der Waals surface area contributed by atoms with Crippen molar-refractivity contribution in [2.75, 3.05) is 5.32 Å². The molecule has 2 aromatic rings. The molecule has 4 nitrogen and oxygen atoms in total. The Bertz CT molecular complexity index is 605. The largest absolute Gasteiger partial charge is 0.388 e. The number of anilines is 2. The summed E-state index contributed by atoms with van der Waals surface area (Å²) in [5.74, 6) is -0.167. The van der Waals surface area contributed by atoms with Gasteiger partial charge in [0.15, 0.2) is 0 Å². The Morgan fingerprint density at radius 2 is 2.17 bits per heavy atom.